The van der Waals surface area contributed by atoms with Crippen LogP contribution in [0.2, 0.25) is 0 Å². The van der Waals surface area contributed by atoms with Crippen LogP contribution in [0.3, 0.4) is 0 Å². The molecule has 0 aliphatic carbocycles. The van der Waals surface area contributed by atoms with Crippen LogP contribution >= 0.6 is 0 Å². The van der Waals surface area contributed by atoms with Crippen molar-refractivity contribution in [2.24, 2.45) is 7.05 Å². The number of hydrogen-bond acceptors (Lipinski definition) is 4. The van der Waals surface area contributed by atoms with Crippen molar-refractivity contribution in [3.8, 4) is 0 Å². The van der Waals surface area contributed by atoms with Crippen molar-refractivity contribution in [3.05, 3.63) is 16.8 Å². The summed E-state index contributed by atoms with van der Waals surface area (Å²) >= 11 is 0. The van der Waals surface area contributed by atoms with Gasteiger partial charge >= 0.3 is 5.69 Å². The molecule has 0 unspecified atom stereocenters. The summed E-state index contributed by atoms with van der Waals surface area (Å²) in [5.74, 6) is 0.660. The number of aryl methyl sites for hydroxylation is 1. The van der Waals surface area contributed by atoms with E-state index in [1.54, 1.807) is 11.9 Å². The second-order valence-corrected chi connectivity index (χ2v) is 3.23. The molecule has 1 radical (unpaired) electrons. The van der Waals surface area contributed by atoms with Crippen LogP contribution in [0, 0.1) is 6.33 Å². The van der Waals surface area contributed by atoms with Crippen molar-refractivity contribution in [2.75, 3.05) is 19.0 Å². The number of aromatic amines is 1. The molecule has 2 rings (SSSR count). The third-order valence-corrected chi connectivity index (χ3v) is 2.04. The Kier molecular flexibility index (Phi) is 3.62. The van der Waals surface area contributed by atoms with Crippen LogP contribution in [-0.2, 0) is 39.8 Å². The summed E-state index contributed by atoms with van der Waals surface area (Å²) in [6.45, 7) is 0. The molecule has 0 aliphatic rings. The normalized spacial score (nSPS) is 10.1. The third kappa shape index (κ3) is 1.96. The largest absolute Gasteiger partial charge is 0.413 e. The Morgan fingerprint density at radius 3 is 2.67 bits per heavy atom. The van der Waals surface area contributed by atoms with Crippen LogP contribution in [0.1, 0.15) is 0 Å². The summed E-state index contributed by atoms with van der Waals surface area (Å²) in [6.07, 6.45) is 2.52. The molecule has 0 aromatic carbocycles. The van der Waals surface area contributed by atoms with Crippen LogP contribution in [0.15, 0.2) is 4.79 Å². The molecule has 1 N–H and O–H groups in total. The van der Waals surface area contributed by atoms with Gasteiger partial charge in [-0.2, -0.15) is 0 Å². The van der Waals surface area contributed by atoms with Gasteiger partial charge in [0.2, 0.25) is 0 Å². The first-order valence-corrected chi connectivity index (χ1v) is 4.11. The summed E-state index contributed by atoms with van der Waals surface area (Å²) in [5, 5.41) is 0. The number of hydrogen-bond donors (Lipinski definition) is 1. The number of aromatic nitrogens is 4. The third-order valence-electron chi connectivity index (χ3n) is 2.04. The number of rotatable bonds is 1. The van der Waals surface area contributed by atoms with Gasteiger partial charge in [0.15, 0.2) is 0 Å². The van der Waals surface area contributed by atoms with Crippen molar-refractivity contribution < 1.29 is 32.7 Å². The quantitative estimate of drug-likeness (QED) is 0.717. The van der Waals surface area contributed by atoms with E-state index in [2.05, 4.69) is 21.3 Å². The summed E-state index contributed by atoms with van der Waals surface area (Å²) in [6, 6.07) is 0. The summed E-state index contributed by atoms with van der Waals surface area (Å²) in [5.41, 5.74) is 1.01. The fraction of sp³-hybridized carbons (Fsp3) is 0.375. The predicted octanol–water partition coefficient (Wildman–Crippen LogP) is -0.480. The smallest absolute Gasteiger partial charge is 0.314 e. The molecule has 2 aromatic heterocycles. The van der Waals surface area contributed by atoms with Gasteiger partial charge in [0.25, 0.3) is 0 Å². The first kappa shape index (κ1) is 12.3. The molecule has 77 valence electrons. The van der Waals surface area contributed by atoms with E-state index in [0.717, 1.165) is 0 Å². The van der Waals surface area contributed by atoms with Crippen LogP contribution in [0.25, 0.3) is 11.2 Å². The van der Waals surface area contributed by atoms with Gasteiger partial charge in [0.1, 0.15) is 0 Å². The molecule has 6 nitrogen and oxygen atoms in total. The zero-order valence-corrected chi connectivity index (χ0v) is 11.6. The molecular formula is C8H10N5OY-. The molecule has 0 bridgehead atoms. The first-order valence-electron chi connectivity index (χ1n) is 4.11. The van der Waals surface area contributed by atoms with Gasteiger partial charge < -0.3 is 24.4 Å². The SMILES string of the molecule is CN(C)c1n[c-]nc2c1[nH]c(=O)n2C.[Y]. The molecule has 0 aliphatic heterocycles. The Labute approximate surface area is 112 Å². The minimum atomic E-state index is -0.197. The first-order chi connectivity index (χ1) is 6.61. The minimum Gasteiger partial charge on any atom is -0.413 e. The monoisotopic (exact) mass is 281 g/mol. The van der Waals surface area contributed by atoms with Gasteiger partial charge in [-0.1, -0.05) is 0 Å². The van der Waals surface area contributed by atoms with Crippen LogP contribution in [0.4, 0.5) is 5.82 Å². The van der Waals surface area contributed by atoms with E-state index in [9.17, 15) is 4.79 Å². The molecule has 7 heteroatoms. The molecule has 0 fully saturated rings. The zero-order chi connectivity index (χ0) is 10.3. The standard InChI is InChI=1S/C8H10N5O.Y/c1-12(2)6-5-7(10-4-9-6)13(3)8(14)11-5;/h1-3H3,(H,11,14);/q-1;. The molecule has 15 heavy (non-hydrogen) atoms. The average molecular weight is 281 g/mol. The second-order valence-electron chi connectivity index (χ2n) is 3.23. The van der Waals surface area contributed by atoms with Gasteiger partial charge in [0, 0.05) is 57.4 Å². The number of fused-ring (bicyclic) bond motifs is 1. The Morgan fingerprint density at radius 1 is 1.40 bits per heavy atom. The van der Waals surface area contributed by atoms with Crippen LogP contribution in [0.5, 0.6) is 0 Å². The van der Waals surface area contributed by atoms with Gasteiger partial charge in [-0.25, -0.2) is 4.79 Å². The Morgan fingerprint density at radius 2 is 2.07 bits per heavy atom. The van der Waals surface area contributed by atoms with E-state index in [0.29, 0.717) is 17.0 Å². The average Bonchev–Trinajstić information content (AvgIpc) is 2.43. The van der Waals surface area contributed by atoms with E-state index in [1.165, 1.54) is 4.57 Å². The molecular weight excluding hydrogens is 271 g/mol. The van der Waals surface area contributed by atoms with Gasteiger partial charge in [-0.3, -0.25) is 0 Å². The molecule has 0 saturated carbocycles. The van der Waals surface area contributed by atoms with Crippen molar-refractivity contribution >= 4 is 17.0 Å². The number of nitrogens with one attached hydrogen (secondary N) is 1. The Balaban J connectivity index is 0.00000112. The zero-order valence-electron chi connectivity index (χ0n) is 8.77. The Hall–Kier alpha value is -0.746. The minimum absolute atomic E-state index is 0. The van der Waals surface area contributed by atoms with Crippen molar-refractivity contribution in [1.29, 1.82) is 0 Å². The van der Waals surface area contributed by atoms with E-state index in [-0.39, 0.29) is 38.4 Å². The number of nitrogens with zero attached hydrogens (tertiary/aromatic N) is 4. The summed E-state index contributed by atoms with van der Waals surface area (Å²) in [4.78, 5) is 23.7. The number of H-pyrrole nitrogens is 1. The fourth-order valence-corrected chi connectivity index (χ4v) is 1.30. The Bertz CT molecular complexity index is 529. The van der Waals surface area contributed by atoms with E-state index < -0.39 is 0 Å². The second kappa shape index (κ2) is 4.41. The van der Waals surface area contributed by atoms with Crippen LogP contribution in [-0.4, -0.2) is 33.6 Å². The molecule has 0 saturated heterocycles. The maximum atomic E-state index is 11.3. The maximum absolute atomic E-state index is 11.3. The van der Waals surface area contributed by atoms with Gasteiger partial charge in [-0.15, -0.1) is 0 Å². The summed E-state index contributed by atoms with van der Waals surface area (Å²) < 4.78 is 1.43. The predicted molar refractivity (Wildman–Crippen MR) is 52.3 cm³/mol. The molecule has 0 atom stereocenters. The van der Waals surface area contributed by atoms with Crippen molar-refractivity contribution in [2.45, 2.75) is 0 Å². The number of anilines is 1. The maximum Gasteiger partial charge on any atom is 0.314 e. The van der Waals surface area contributed by atoms with Gasteiger partial charge in [0.05, 0.1) is 5.65 Å². The van der Waals surface area contributed by atoms with Gasteiger partial charge in [-0.05, 0) is 14.1 Å². The summed E-state index contributed by atoms with van der Waals surface area (Å²) in [7, 11) is 5.35. The van der Waals surface area contributed by atoms with Crippen molar-refractivity contribution in [3.63, 3.8) is 0 Å². The molecule has 0 amide bonds. The topological polar surface area (TPSA) is 66.8 Å². The van der Waals surface area contributed by atoms with E-state index in [4.69, 9.17) is 0 Å². The van der Waals surface area contributed by atoms with Crippen LogP contribution < -0.4 is 10.6 Å². The number of imidazole rings is 1. The fourth-order valence-electron chi connectivity index (χ4n) is 1.30. The molecule has 2 heterocycles. The van der Waals surface area contributed by atoms with Crippen molar-refractivity contribution in [1.82, 2.24) is 19.5 Å². The van der Waals surface area contributed by atoms with E-state index in [1.807, 2.05) is 14.1 Å². The van der Waals surface area contributed by atoms with E-state index >= 15 is 0 Å². The molecule has 2 aromatic rings. The molecule has 0 spiro atoms.